The monoisotopic (exact) mass is 177 g/mol. The summed E-state index contributed by atoms with van der Waals surface area (Å²) in [6.07, 6.45) is 1.80. The Morgan fingerprint density at radius 3 is 2.55 bits per heavy atom. The predicted molar refractivity (Wildman–Crippen MR) is 45.2 cm³/mol. The summed E-state index contributed by atoms with van der Waals surface area (Å²) < 4.78 is 23.5. The summed E-state index contributed by atoms with van der Waals surface area (Å²) in [6, 6.07) is 0. The van der Waals surface area contributed by atoms with Crippen molar-refractivity contribution in [3.63, 3.8) is 0 Å². The first-order valence-electron chi connectivity index (χ1n) is 3.87. The summed E-state index contributed by atoms with van der Waals surface area (Å²) >= 11 is 0. The van der Waals surface area contributed by atoms with Crippen LogP contribution in [0.25, 0.3) is 0 Å². The van der Waals surface area contributed by atoms with E-state index in [1.807, 2.05) is 0 Å². The van der Waals surface area contributed by atoms with Crippen molar-refractivity contribution in [2.24, 2.45) is 5.92 Å². The van der Waals surface area contributed by atoms with E-state index in [9.17, 15) is 4.21 Å². The van der Waals surface area contributed by atoms with Gasteiger partial charge in [0.2, 0.25) is 0 Å². The van der Waals surface area contributed by atoms with Crippen LogP contribution in [0.5, 0.6) is 0 Å². The highest BCUT2D eigenvalue weighted by molar-refractivity contribution is 7.92. The van der Waals surface area contributed by atoms with E-state index in [-0.39, 0.29) is 0 Å². The van der Waals surface area contributed by atoms with E-state index in [0.717, 1.165) is 19.4 Å². The Morgan fingerprint density at radius 2 is 2.09 bits per heavy atom. The summed E-state index contributed by atoms with van der Waals surface area (Å²) in [5, 5.41) is 0. The molecule has 0 atom stereocenters. The van der Waals surface area contributed by atoms with Crippen LogP contribution >= 0.6 is 0 Å². The normalized spacial score (nSPS) is 38.8. The summed E-state index contributed by atoms with van der Waals surface area (Å²) in [7, 11) is -0.502. The first kappa shape index (κ1) is 9.00. The molecular formula is C7H15NO2S. The van der Waals surface area contributed by atoms with Gasteiger partial charge < -0.3 is 4.74 Å². The minimum atomic E-state index is -2.19. The SMILES string of the molecule is COCC1CCS(=N)(=O)CC1. The van der Waals surface area contributed by atoms with E-state index < -0.39 is 9.73 Å². The fraction of sp³-hybridized carbons (Fsp3) is 1.00. The molecule has 0 spiro atoms. The van der Waals surface area contributed by atoms with Crippen LogP contribution in [0.1, 0.15) is 12.8 Å². The van der Waals surface area contributed by atoms with Gasteiger partial charge in [-0.2, -0.15) is 0 Å². The van der Waals surface area contributed by atoms with Crippen molar-refractivity contribution in [2.45, 2.75) is 12.8 Å². The second-order valence-corrected chi connectivity index (χ2v) is 5.56. The maximum Gasteiger partial charge on any atom is 0.0491 e. The van der Waals surface area contributed by atoms with Gasteiger partial charge in [0, 0.05) is 35.0 Å². The van der Waals surface area contributed by atoms with Crippen LogP contribution in [0.3, 0.4) is 0 Å². The Balaban J connectivity index is 2.36. The van der Waals surface area contributed by atoms with E-state index in [4.69, 9.17) is 9.52 Å². The van der Waals surface area contributed by atoms with Gasteiger partial charge in [-0.3, -0.25) is 4.78 Å². The van der Waals surface area contributed by atoms with Crippen molar-refractivity contribution >= 4 is 9.73 Å². The third kappa shape index (κ3) is 2.79. The standard InChI is InChI=1S/C7H15NO2S/c1-10-6-7-2-4-11(8,9)5-3-7/h7-8H,2-6H2,1H3. The molecule has 0 aliphatic carbocycles. The topological polar surface area (TPSA) is 50.1 Å². The third-order valence-electron chi connectivity index (χ3n) is 2.11. The largest absolute Gasteiger partial charge is 0.384 e. The maximum absolute atomic E-state index is 11.2. The zero-order valence-corrected chi connectivity index (χ0v) is 7.65. The van der Waals surface area contributed by atoms with Gasteiger partial charge >= 0.3 is 0 Å². The van der Waals surface area contributed by atoms with Gasteiger partial charge in [-0.25, -0.2) is 4.21 Å². The van der Waals surface area contributed by atoms with Crippen molar-refractivity contribution in [1.29, 1.82) is 4.78 Å². The van der Waals surface area contributed by atoms with Gasteiger partial charge in [-0.15, -0.1) is 0 Å². The van der Waals surface area contributed by atoms with Crippen LogP contribution in [-0.2, 0) is 14.5 Å². The molecule has 1 aliphatic heterocycles. The number of methoxy groups -OCH3 is 1. The minimum absolute atomic E-state index is 0.542. The number of nitrogens with one attached hydrogen (secondary N) is 1. The Labute approximate surface area is 68.1 Å². The molecular weight excluding hydrogens is 162 g/mol. The van der Waals surface area contributed by atoms with E-state index in [0.29, 0.717) is 17.4 Å². The first-order valence-corrected chi connectivity index (χ1v) is 5.77. The lowest BCUT2D eigenvalue weighted by atomic mass is 10.0. The highest BCUT2D eigenvalue weighted by Gasteiger charge is 2.20. The molecule has 1 rings (SSSR count). The van der Waals surface area contributed by atoms with Crippen LogP contribution in [-0.4, -0.2) is 29.4 Å². The molecule has 1 aliphatic rings. The maximum atomic E-state index is 11.2. The molecule has 1 fully saturated rings. The molecule has 0 aromatic rings. The second kappa shape index (κ2) is 3.54. The van der Waals surface area contributed by atoms with Gasteiger partial charge in [-0.05, 0) is 18.8 Å². The molecule has 1 N–H and O–H groups in total. The molecule has 0 bridgehead atoms. The van der Waals surface area contributed by atoms with E-state index in [1.54, 1.807) is 7.11 Å². The molecule has 1 saturated heterocycles. The molecule has 66 valence electrons. The van der Waals surface area contributed by atoms with Gasteiger partial charge in [0.1, 0.15) is 0 Å². The zero-order valence-electron chi connectivity index (χ0n) is 6.84. The Kier molecular flexibility index (Phi) is 2.90. The predicted octanol–water partition coefficient (Wildman–Crippen LogP) is 1.09. The summed E-state index contributed by atoms with van der Waals surface area (Å²) in [4.78, 5) is 0. The van der Waals surface area contributed by atoms with E-state index in [2.05, 4.69) is 0 Å². The summed E-state index contributed by atoms with van der Waals surface area (Å²) in [5.41, 5.74) is 0. The molecule has 0 saturated carbocycles. The summed E-state index contributed by atoms with van der Waals surface area (Å²) in [5.74, 6) is 1.68. The molecule has 11 heavy (non-hydrogen) atoms. The van der Waals surface area contributed by atoms with Crippen LogP contribution in [0.2, 0.25) is 0 Å². The smallest absolute Gasteiger partial charge is 0.0491 e. The minimum Gasteiger partial charge on any atom is -0.384 e. The van der Waals surface area contributed by atoms with Crippen molar-refractivity contribution < 1.29 is 8.95 Å². The first-order chi connectivity index (χ1) is 5.14. The molecule has 0 amide bonds. The Hall–Kier alpha value is -0.0900. The Bertz CT molecular complexity index is 196. The van der Waals surface area contributed by atoms with Crippen molar-refractivity contribution in [3.05, 3.63) is 0 Å². The second-order valence-electron chi connectivity index (χ2n) is 3.12. The van der Waals surface area contributed by atoms with Crippen LogP contribution in [0.15, 0.2) is 0 Å². The van der Waals surface area contributed by atoms with Gasteiger partial charge in [0.05, 0.1) is 0 Å². The lowest BCUT2D eigenvalue weighted by molar-refractivity contribution is 0.147. The van der Waals surface area contributed by atoms with E-state index in [1.165, 1.54) is 0 Å². The van der Waals surface area contributed by atoms with Gasteiger partial charge in [-0.1, -0.05) is 0 Å². The average molecular weight is 177 g/mol. The molecule has 0 aromatic carbocycles. The Morgan fingerprint density at radius 1 is 1.55 bits per heavy atom. The lowest BCUT2D eigenvalue weighted by Gasteiger charge is -2.22. The zero-order chi connectivity index (χ0) is 8.32. The quantitative estimate of drug-likeness (QED) is 0.686. The number of hydrogen-bond acceptors (Lipinski definition) is 3. The van der Waals surface area contributed by atoms with Gasteiger partial charge in [0.25, 0.3) is 0 Å². The lowest BCUT2D eigenvalue weighted by Crippen LogP contribution is -2.24. The van der Waals surface area contributed by atoms with Crippen molar-refractivity contribution in [1.82, 2.24) is 0 Å². The molecule has 3 nitrogen and oxygen atoms in total. The molecule has 4 heteroatoms. The fourth-order valence-corrected chi connectivity index (χ4v) is 3.00. The van der Waals surface area contributed by atoms with Crippen LogP contribution in [0, 0.1) is 10.7 Å². The number of rotatable bonds is 2. The molecule has 0 unspecified atom stereocenters. The highest BCUT2D eigenvalue weighted by atomic mass is 32.2. The van der Waals surface area contributed by atoms with Gasteiger partial charge in [0.15, 0.2) is 0 Å². The number of ether oxygens (including phenoxy) is 1. The van der Waals surface area contributed by atoms with Crippen molar-refractivity contribution in [2.75, 3.05) is 25.2 Å². The fourth-order valence-electron chi connectivity index (χ4n) is 1.36. The highest BCUT2D eigenvalue weighted by Crippen LogP contribution is 2.18. The molecule has 0 aromatic heterocycles. The van der Waals surface area contributed by atoms with Crippen LogP contribution < -0.4 is 0 Å². The van der Waals surface area contributed by atoms with Crippen molar-refractivity contribution in [3.8, 4) is 0 Å². The average Bonchev–Trinajstić information content (AvgIpc) is 1.94. The molecule has 0 radical (unpaired) electrons. The molecule has 1 heterocycles. The third-order valence-corrected chi connectivity index (χ3v) is 3.90. The summed E-state index contributed by atoms with van der Waals surface area (Å²) in [6.45, 7) is 0.759. The van der Waals surface area contributed by atoms with E-state index >= 15 is 0 Å². The number of hydrogen-bond donors (Lipinski definition) is 1. The van der Waals surface area contributed by atoms with Crippen LogP contribution in [0.4, 0.5) is 0 Å².